The molecule has 0 radical (unpaired) electrons. The van der Waals surface area contributed by atoms with Gasteiger partial charge in [-0.1, -0.05) is 6.07 Å². The third-order valence-electron chi connectivity index (χ3n) is 2.24. The highest BCUT2D eigenvalue weighted by molar-refractivity contribution is 5.75. The maximum atomic E-state index is 11.3. The maximum Gasteiger partial charge on any atom is 0.250 e. The molecule has 88 valence electrons. The number of hydrogen-bond acceptors (Lipinski definition) is 3. The van der Waals surface area contributed by atoms with Crippen LogP contribution in [0.1, 0.15) is 6.42 Å². The van der Waals surface area contributed by atoms with Gasteiger partial charge in [-0.15, -0.1) is 0 Å². The Hall–Kier alpha value is -1.62. The number of hydrogen-bond donors (Lipinski definition) is 2. The summed E-state index contributed by atoms with van der Waals surface area (Å²) in [6.07, 6.45) is 2.21. The summed E-state index contributed by atoms with van der Waals surface area (Å²) in [4.78, 5) is 22.2. The molecule has 0 saturated carbocycles. The third kappa shape index (κ3) is 4.27. The lowest BCUT2D eigenvalue weighted by molar-refractivity contribution is -0.120. The van der Waals surface area contributed by atoms with Gasteiger partial charge < -0.3 is 15.2 Å². The Morgan fingerprint density at radius 3 is 2.88 bits per heavy atom. The monoisotopic (exact) mass is 223 g/mol. The van der Waals surface area contributed by atoms with Crippen molar-refractivity contribution in [1.82, 2.24) is 15.2 Å². The number of nitrogens with one attached hydrogen (secondary N) is 2. The number of carbonyl (C=O) groups excluding carboxylic acids is 1. The van der Waals surface area contributed by atoms with Crippen LogP contribution >= 0.6 is 0 Å². The number of carbonyl (C=O) groups is 1. The van der Waals surface area contributed by atoms with E-state index in [9.17, 15) is 9.59 Å². The zero-order chi connectivity index (χ0) is 11.8. The highest BCUT2D eigenvalue weighted by atomic mass is 16.1. The van der Waals surface area contributed by atoms with Gasteiger partial charge in [0.05, 0.1) is 0 Å². The van der Waals surface area contributed by atoms with Crippen molar-refractivity contribution in [1.29, 1.82) is 0 Å². The molecular weight excluding hydrogens is 206 g/mol. The first-order valence-corrected chi connectivity index (χ1v) is 5.31. The van der Waals surface area contributed by atoms with E-state index in [1.165, 1.54) is 6.07 Å². The summed E-state index contributed by atoms with van der Waals surface area (Å²) in [5.41, 5.74) is -0.00407. The van der Waals surface area contributed by atoms with Gasteiger partial charge in [-0.2, -0.15) is 0 Å². The van der Waals surface area contributed by atoms with Gasteiger partial charge in [0.1, 0.15) is 0 Å². The fraction of sp³-hybridized carbons (Fsp3) is 0.455. The standard InChI is InChI=1S/C11H17N3O2/c1-12-10(15)5-6-13-7-9-14-8-3-2-4-11(14)16/h2-4,8,13H,5-7,9H2,1H3,(H,12,15). The van der Waals surface area contributed by atoms with Crippen LogP contribution in [0.5, 0.6) is 0 Å². The molecule has 1 aromatic heterocycles. The molecular formula is C11H17N3O2. The molecule has 0 saturated heterocycles. The van der Waals surface area contributed by atoms with Crippen molar-refractivity contribution in [3.63, 3.8) is 0 Å². The van der Waals surface area contributed by atoms with Crippen molar-refractivity contribution in [2.45, 2.75) is 13.0 Å². The van der Waals surface area contributed by atoms with E-state index >= 15 is 0 Å². The summed E-state index contributed by atoms with van der Waals surface area (Å²) in [5, 5.41) is 5.65. The second-order valence-electron chi connectivity index (χ2n) is 3.41. The van der Waals surface area contributed by atoms with E-state index in [2.05, 4.69) is 10.6 Å². The van der Waals surface area contributed by atoms with Gasteiger partial charge in [-0.25, -0.2) is 0 Å². The second-order valence-corrected chi connectivity index (χ2v) is 3.41. The Bertz CT molecular complexity index is 387. The molecule has 0 bridgehead atoms. The first-order chi connectivity index (χ1) is 7.74. The molecule has 5 nitrogen and oxygen atoms in total. The summed E-state index contributed by atoms with van der Waals surface area (Å²) in [7, 11) is 1.62. The highest BCUT2D eigenvalue weighted by Gasteiger charge is 1.97. The normalized spacial score (nSPS) is 10.1. The minimum atomic E-state index is -0.00407. The average Bonchev–Trinajstić information content (AvgIpc) is 2.30. The molecule has 0 atom stereocenters. The number of amides is 1. The van der Waals surface area contributed by atoms with Crippen molar-refractivity contribution in [2.24, 2.45) is 0 Å². The van der Waals surface area contributed by atoms with Crippen LogP contribution in [0.2, 0.25) is 0 Å². The first-order valence-electron chi connectivity index (χ1n) is 5.31. The van der Waals surface area contributed by atoms with Crippen molar-refractivity contribution in [3.8, 4) is 0 Å². The molecule has 1 heterocycles. The molecule has 1 amide bonds. The van der Waals surface area contributed by atoms with Crippen molar-refractivity contribution < 1.29 is 4.79 Å². The van der Waals surface area contributed by atoms with Gasteiger partial charge in [-0.05, 0) is 6.07 Å². The summed E-state index contributed by atoms with van der Waals surface area (Å²) in [6.45, 7) is 1.93. The third-order valence-corrected chi connectivity index (χ3v) is 2.24. The topological polar surface area (TPSA) is 63.1 Å². The SMILES string of the molecule is CNC(=O)CCNCCn1ccccc1=O. The van der Waals surface area contributed by atoms with Crippen LogP contribution in [-0.2, 0) is 11.3 Å². The Labute approximate surface area is 94.5 Å². The van der Waals surface area contributed by atoms with Crippen molar-refractivity contribution >= 4 is 5.91 Å². The van der Waals surface area contributed by atoms with E-state index in [0.717, 1.165) is 0 Å². The smallest absolute Gasteiger partial charge is 0.250 e. The van der Waals surface area contributed by atoms with Gasteiger partial charge in [0.25, 0.3) is 5.56 Å². The Morgan fingerprint density at radius 2 is 2.19 bits per heavy atom. The van der Waals surface area contributed by atoms with E-state index in [1.54, 1.807) is 23.9 Å². The van der Waals surface area contributed by atoms with Crippen LogP contribution in [0.4, 0.5) is 0 Å². The van der Waals surface area contributed by atoms with Crippen LogP contribution in [-0.4, -0.2) is 30.6 Å². The summed E-state index contributed by atoms with van der Waals surface area (Å²) >= 11 is 0. The van der Waals surface area contributed by atoms with Crippen LogP contribution in [0.3, 0.4) is 0 Å². The van der Waals surface area contributed by atoms with Gasteiger partial charge in [-0.3, -0.25) is 9.59 Å². The van der Waals surface area contributed by atoms with Gasteiger partial charge in [0, 0.05) is 45.4 Å². The Morgan fingerprint density at radius 1 is 1.38 bits per heavy atom. The number of aromatic nitrogens is 1. The predicted molar refractivity (Wildman–Crippen MR) is 62.3 cm³/mol. The first kappa shape index (κ1) is 12.4. The molecule has 0 aliphatic carbocycles. The minimum absolute atomic E-state index is 0.00407. The Kier molecular flexibility index (Phi) is 5.28. The lowest BCUT2D eigenvalue weighted by Crippen LogP contribution is -2.29. The van der Waals surface area contributed by atoms with Crippen LogP contribution < -0.4 is 16.2 Å². The molecule has 0 aromatic carbocycles. The van der Waals surface area contributed by atoms with E-state index in [4.69, 9.17) is 0 Å². The van der Waals surface area contributed by atoms with Gasteiger partial charge in [0.15, 0.2) is 0 Å². The largest absolute Gasteiger partial charge is 0.359 e. The molecule has 0 spiro atoms. The zero-order valence-electron chi connectivity index (χ0n) is 9.40. The van der Waals surface area contributed by atoms with E-state index < -0.39 is 0 Å². The highest BCUT2D eigenvalue weighted by Crippen LogP contribution is 1.81. The number of pyridine rings is 1. The molecule has 0 fully saturated rings. The fourth-order valence-electron chi connectivity index (χ4n) is 1.30. The molecule has 1 aromatic rings. The van der Waals surface area contributed by atoms with Crippen LogP contribution in [0.25, 0.3) is 0 Å². The minimum Gasteiger partial charge on any atom is -0.359 e. The van der Waals surface area contributed by atoms with Crippen LogP contribution in [0, 0.1) is 0 Å². The summed E-state index contributed by atoms with van der Waals surface area (Å²) in [5.74, 6) is 0.0179. The number of rotatable bonds is 6. The average molecular weight is 223 g/mol. The van der Waals surface area contributed by atoms with Crippen LogP contribution in [0.15, 0.2) is 29.2 Å². The van der Waals surface area contributed by atoms with Crippen molar-refractivity contribution in [3.05, 3.63) is 34.7 Å². The molecule has 0 unspecified atom stereocenters. The molecule has 0 aliphatic heterocycles. The van der Waals surface area contributed by atoms with E-state index in [-0.39, 0.29) is 11.5 Å². The lowest BCUT2D eigenvalue weighted by Gasteiger charge is -2.06. The summed E-state index contributed by atoms with van der Waals surface area (Å²) in [6, 6.07) is 5.08. The quantitative estimate of drug-likeness (QED) is 0.643. The van der Waals surface area contributed by atoms with E-state index in [0.29, 0.717) is 26.1 Å². The molecule has 1 rings (SSSR count). The second kappa shape index (κ2) is 6.79. The van der Waals surface area contributed by atoms with Crippen molar-refractivity contribution in [2.75, 3.05) is 20.1 Å². The fourth-order valence-corrected chi connectivity index (χ4v) is 1.30. The summed E-state index contributed by atoms with van der Waals surface area (Å²) < 4.78 is 1.63. The number of nitrogens with zero attached hydrogens (tertiary/aromatic N) is 1. The van der Waals surface area contributed by atoms with E-state index in [1.807, 2.05) is 6.07 Å². The molecule has 5 heteroatoms. The lowest BCUT2D eigenvalue weighted by atomic mass is 10.4. The molecule has 0 aliphatic rings. The van der Waals surface area contributed by atoms with Gasteiger partial charge >= 0.3 is 0 Å². The predicted octanol–water partition coefficient (Wildman–Crippen LogP) is -0.426. The zero-order valence-corrected chi connectivity index (χ0v) is 9.40. The maximum absolute atomic E-state index is 11.3. The molecule has 2 N–H and O–H groups in total. The Balaban J connectivity index is 2.19. The molecule has 16 heavy (non-hydrogen) atoms. The van der Waals surface area contributed by atoms with Gasteiger partial charge in [0.2, 0.25) is 5.91 Å².